The number of carbonyl (C=O) groups excluding carboxylic acids is 1. The molecule has 0 amide bonds. The second-order valence-corrected chi connectivity index (χ2v) is 6.15. The first-order valence-corrected chi connectivity index (χ1v) is 7.84. The van der Waals surface area contributed by atoms with Gasteiger partial charge in [-0.15, -0.1) is 0 Å². The minimum Gasteiger partial charge on any atom is -0.465 e. The molecule has 0 saturated carbocycles. The van der Waals surface area contributed by atoms with E-state index in [0.29, 0.717) is 11.1 Å². The Balaban J connectivity index is 2.73. The molecule has 0 spiro atoms. The van der Waals surface area contributed by atoms with Crippen LogP contribution in [0, 0.1) is 0 Å². The Labute approximate surface area is 123 Å². The van der Waals surface area contributed by atoms with Crippen LogP contribution in [0.5, 0.6) is 0 Å². The van der Waals surface area contributed by atoms with Crippen LogP contribution in [0.25, 0.3) is 0 Å². The van der Waals surface area contributed by atoms with E-state index in [2.05, 4.69) is 9.46 Å². The highest BCUT2D eigenvalue weighted by Gasteiger charge is 2.18. The van der Waals surface area contributed by atoms with Gasteiger partial charge in [-0.25, -0.2) is 17.9 Å². The van der Waals surface area contributed by atoms with Crippen molar-refractivity contribution in [2.75, 3.05) is 27.4 Å². The molecule has 0 heterocycles. The first kappa shape index (κ1) is 17.6. The topological polar surface area (TPSA) is 102 Å². The number of nitrogens with one attached hydrogen (secondary N) is 1. The van der Waals surface area contributed by atoms with Crippen LogP contribution in [0.3, 0.4) is 0 Å². The predicted octanol–water partition coefficient (Wildman–Crippen LogP) is -0.100. The van der Waals surface area contributed by atoms with E-state index in [1.54, 1.807) is 0 Å². The number of rotatable bonds is 8. The first-order valence-electron chi connectivity index (χ1n) is 6.19. The highest BCUT2D eigenvalue weighted by Crippen LogP contribution is 2.09. The summed E-state index contributed by atoms with van der Waals surface area (Å²) in [6.07, 6.45) is 0. The summed E-state index contributed by atoms with van der Waals surface area (Å²) >= 11 is 0. The van der Waals surface area contributed by atoms with Crippen LogP contribution < -0.4 is 4.72 Å². The summed E-state index contributed by atoms with van der Waals surface area (Å²) in [5, 5.41) is 9.05. The zero-order valence-corrected chi connectivity index (χ0v) is 12.7. The number of benzene rings is 1. The smallest absolute Gasteiger partial charge is 0.337 e. The van der Waals surface area contributed by atoms with Crippen LogP contribution in [0.1, 0.15) is 15.9 Å². The van der Waals surface area contributed by atoms with Crippen molar-refractivity contribution < 1.29 is 27.8 Å². The van der Waals surface area contributed by atoms with Crippen molar-refractivity contribution in [3.05, 3.63) is 35.4 Å². The lowest BCUT2D eigenvalue weighted by molar-refractivity contribution is 0.0600. The molecule has 0 aliphatic heterocycles. The van der Waals surface area contributed by atoms with Gasteiger partial charge < -0.3 is 14.6 Å². The Morgan fingerprint density at radius 2 is 1.90 bits per heavy atom. The minimum atomic E-state index is -3.61. The second-order valence-electron chi connectivity index (χ2n) is 4.40. The molecule has 0 radical (unpaired) electrons. The zero-order valence-electron chi connectivity index (χ0n) is 11.9. The molecule has 0 bridgehead atoms. The molecule has 1 aromatic rings. The van der Waals surface area contributed by atoms with E-state index in [1.165, 1.54) is 38.5 Å². The molecular weight excluding hydrogens is 298 g/mol. The van der Waals surface area contributed by atoms with Crippen LogP contribution in [0.2, 0.25) is 0 Å². The van der Waals surface area contributed by atoms with E-state index in [9.17, 15) is 13.2 Å². The van der Waals surface area contributed by atoms with Crippen molar-refractivity contribution >= 4 is 16.0 Å². The highest BCUT2D eigenvalue weighted by atomic mass is 32.2. The first-order chi connectivity index (χ1) is 9.91. The van der Waals surface area contributed by atoms with Gasteiger partial charge in [0, 0.05) is 7.11 Å². The van der Waals surface area contributed by atoms with Crippen LogP contribution in [0.4, 0.5) is 0 Å². The molecule has 0 saturated heterocycles. The maximum absolute atomic E-state index is 11.9. The van der Waals surface area contributed by atoms with Crippen molar-refractivity contribution in [1.82, 2.24) is 4.72 Å². The number of aliphatic hydroxyl groups excluding tert-OH is 1. The molecule has 0 aliphatic rings. The second kappa shape index (κ2) is 8.08. The number of carbonyl (C=O) groups is 1. The third-order valence-electron chi connectivity index (χ3n) is 2.67. The fourth-order valence-electron chi connectivity index (χ4n) is 1.70. The van der Waals surface area contributed by atoms with Crippen LogP contribution in [-0.2, 0) is 25.2 Å². The summed E-state index contributed by atoms with van der Waals surface area (Å²) < 4.78 is 35.6. The van der Waals surface area contributed by atoms with Crippen LogP contribution in [-0.4, -0.2) is 53.0 Å². The fourth-order valence-corrected chi connectivity index (χ4v) is 3.06. The number of hydrogen-bond acceptors (Lipinski definition) is 6. The fraction of sp³-hybridized carbons (Fsp3) is 0.462. The van der Waals surface area contributed by atoms with Gasteiger partial charge in [0.1, 0.15) is 0 Å². The summed E-state index contributed by atoms with van der Waals surface area (Å²) in [6.45, 7) is -0.272. The quantitative estimate of drug-likeness (QED) is 0.649. The third kappa shape index (κ3) is 5.80. The lowest BCUT2D eigenvalue weighted by Crippen LogP contribution is -2.41. The van der Waals surface area contributed by atoms with Crippen molar-refractivity contribution in [2.45, 2.75) is 11.8 Å². The Morgan fingerprint density at radius 3 is 2.38 bits per heavy atom. The third-order valence-corrected chi connectivity index (χ3v) is 4.07. The molecule has 0 aliphatic carbocycles. The number of ether oxygens (including phenoxy) is 2. The molecule has 0 fully saturated rings. The molecule has 1 aromatic carbocycles. The summed E-state index contributed by atoms with van der Waals surface area (Å²) in [7, 11) is -0.921. The molecule has 7 nitrogen and oxygen atoms in total. The van der Waals surface area contributed by atoms with Gasteiger partial charge in [0.2, 0.25) is 10.0 Å². The standard InChI is InChI=1S/C13H19NO6S/c1-19-8-12(7-15)14-21(17,18)9-10-3-5-11(6-4-10)13(16)20-2/h3-6,12,14-15H,7-9H2,1-2H3. The van der Waals surface area contributed by atoms with Gasteiger partial charge in [-0.1, -0.05) is 12.1 Å². The molecule has 1 atom stereocenters. The number of sulfonamides is 1. The number of hydrogen-bond donors (Lipinski definition) is 2. The maximum atomic E-state index is 11.9. The Bertz CT molecular complexity index is 555. The SMILES string of the molecule is COCC(CO)NS(=O)(=O)Cc1ccc(C(=O)OC)cc1. The van der Waals surface area contributed by atoms with Crippen LogP contribution >= 0.6 is 0 Å². The summed E-state index contributed by atoms with van der Waals surface area (Å²) in [5.41, 5.74) is 0.864. The van der Waals surface area contributed by atoms with Gasteiger partial charge in [-0.2, -0.15) is 0 Å². The van der Waals surface area contributed by atoms with Gasteiger partial charge in [-0.3, -0.25) is 0 Å². The van der Waals surface area contributed by atoms with E-state index in [0.717, 1.165) is 0 Å². The van der Waals surface area contributed by atoms with Gasteiger partial charge in [0.25, 0.3) is 0 Å². The van der Waals surface area contributed by atoms with E-state index in [4.69, 9.17) is 9.84 Å². The molecule has 1 unspecified atom stereocenters. The molecule has 2 N–H and O–H groups in total. The molecule has 1 rings (SSSR count). The average molecular weight is 317 g/mol. The minimum absolute atomic E-state index is 0.0804. The zero-order chi connectivity index (χ0) is 15.9. The van der Waals surface area contributed by atoms with Crippen molar-refractivity contribution in [2.24, 2.45) is 0 Å². The van der Waals surface area contributed by atoms with E-state index >= 15 is 0 Å². The van der Waals surface area contributed by atoms with Crippen LogP contribution in [0.15, 0.2) is 24.3 Å². The molecule has 0 aromatic heterocycles. The maximum Gasteiger partial charge on any atom is 0.337 e. The van der Waals surface area contributed by atoms with Crippen molar-refractivity contribution in [3.8, 4) is 0 Å². The monoisotopic (exact) mass is 317 g/mol. The molecule has 118 valence electrons. The van der Waals surface area contributed by atoms with E-state index in [-0.39, 0.29) is 19.0 Å². The number of esters is 1. The van der Waals surface area contributed by atoms with E-state index in [1.807, 2.05) is 0 Å². The normalized spacial score (nSPS) is 12.9. The number of methoxy groups -OCH3 is 2. The molecular formula is C13H19NO6S. The Hall–Kier alpha value is -1.48. The Morgan fingerprint density at radius 1 is 1.29 bits per heavy atom. The summed E-state index contributed by atoms with van der Waals surface area (Å²) in [4.78, 5) is 11.3. The average Bonchev–Trinajstić information content (AvgIpc) is 2.46. The summed E-state index contributed by atoms with van der Waals surface area (Å²) in [6, 6.07) is 5.38. The van der Waals surface area contributed by atoms with Gasteiger partial charge in [0.05, 0.1) is 37.7 Å². The molecule has 8 heteroatoms. The van der Waals surface area contributed by atoms with Crippen molar-refractivity contribution in [1.29, 1.82) is 0 Å². The predicted molar refractivity (Wildman–Crippen MR) is 76.3 cm³/mol. The molecule has 21 heavy (non-hydrogen) atoms. The Kier molecular flexibility index (Phi) is 6.76. The van der Waals surface area contributed by atoms with Gasteiger partial charge in [0.15, 0.2) is 0 Å². The largest absolute Gasteiger partial charge is 0.465 e. The highest BCUT2D eigenvalue weighted by molar-refractivity contribution is 7.88. The lowest BCUT2D eigenvalue weighted by Gasteiger charge is -2.15. The number of aliphatic hydroxyl groups is 1. The summed E-state index contributed by atoms with van der Waals surface area (Å²) in [5.74, 6) is -0.739. The van der Waals surface area contributed by atoms with Gasteiger partial charge in [-0.05, 0) is 17.7 Å². The lowest BCUT2D eigenvalue weighted by atomic mass is 10.1. The van der Waals surface area contributed by atoms with Crippen molar-refractivity contribution in [3.63, 3.8) is 0 Å². The van der Waals surface area contributed by atoms with E-state index < -0.39 is 22.0 Å². The van der Waals surface area contributed by atoms with Gasteiger partial charge >= 0.3 is 5.97 Å².